The van der Waals surface area contributed by atoms with E-state index in [9.17, 15) is 9.90 Å². The number of nitrogens with two attached hydrogens (primary N) is 1. The Kier molecular flexibility index (Phi) is 3.78. The van der Waals surface area contributed by atoms with Crippen molar-refractivity contribution in [2.24, 2.45) is 11.1 Å². The smallest absolute Gasteiger partial charge is 0.321 e. The van der Waals surface area contributed by atoms with Gasteiger partial charge >= 0.3 is 5.97 Å². The van der Waals surface area contributed by atoms with Crippen LogP contribution in [0.15, 0.2) is 24.3 Å². The third-order valence-corrected chi connectivity index (χ3v) is 2.83. The molecular formula is C13H19NO3. The first kappa shape index (κ1) is 13.5. The molecule has 0 amide bonds. The highest BCUT2D eigenvalue weighted by atomic mass is 16.4. The summed E-state index contributed by atoms with van der Waals surface area (Å²) in [6, 6.07) is 5.56. The molecule has 0 aromatic heterocycles. The maximum absolute atomic E-state index is 11.1. The van der Waals surface area contributed by atoms with Crippen LogP contribution in [0.25, 0.3) is 0 Å². The predicted molar refractivity (Wildman–Crippen MR) is 65.9 cm³/mol. The average molecular weight is 237 g/mol. The molecule has 0 radical (unpaired) electrons. The zero-order valence-corrected chi connectivity index (χ0v) is 10.3. The van der Waals surface area contributed by atoms with Gasteiger partial charge in [-0.2, -0.15) is 0 Å². The van der Waals surface area contributed by atoms with Crippen molar-refractivity contribution < 1.29 is 15.0 Å². The summed E-state index contributed by atoms with van der Waals surface area (Å²) in [5.74, 6) is -1.16. The van der Waals surface area contributed by atoms with Crippen molar-refractivity contribution in [2.75, 3.05) is 0 Å². The fourth-order valence-electron chi connectivity index (χ4n) is 2.07. The third-order valence-electron chi connectivity index (χ3n) is 2.83. The van der Waals surface area contributed by atoms with Gasteiger partial charge in [0.25, 0.3) is 0 Å². The molecule has 4 nitrogen and oxygen atoms in total. The summed E-state index contributed by atoms with van der Waals surface area (Å²) in [7, 11) is 0. The first-order valence-electron chi connectivity index (χ1n) is 5.51. The Bertz CT molecular complexity index is 392. The van der Waals surface area contributed by atoms with Gasteiger partial charge in [0.15, 0.2) is 0 Å². The fraction of sp³-hybridized carbons (Fsp3) is 0.462. The van der Waals surface area contributed by atoms with Crippen LogP contribution in [0.5, 0.6) is 5.75 Å². The van der Waals surface area contributed by atoms with E-state index in [1.54, 1.807) is 24.3 Å². The maximum atomic E-state index is 11.1. The van der Waals surface area contributed by atoms with Gasteiger partial charge in [-0.05, 0) is 23.1 Å². The molecule has 4 N–H and O–H groups in total. The highest BCUT2D eigenvalue weighted by molar-refractivity contribution is 5.74. The molecule has 1 aromatic rings. The summed E-state index contributed by atoms with van der Waals surface area (Å²) in [4.78, 5) is 11.1. The monoisotopic (exact) mass is 237 g/mol. The van der Waals surface area contributed by atoms with E-state index in [1.807, 2.05) is 20.8 Å². The minimum Gasteiger partial charge on any atom is -0.508 e. The van der Waals surface area contributed by atoms with Gasteiger partial charge in [-0.15, -0.1) is 0 Å². The molecule has 0 aliphatic rings. The number of aliphatic carboxylic acids is 1. The highest BCUT2D eigenvalue weighted by Gasteiger charge is 2.35. The van der Waals surface area contributed by atoms with Crippen LogP contribution in [0.2, 0.25) is 0 Å². The van der Waals surface area contributed by atoms with Crippen LogP contribution in [0, 0.1) is 5.41 Å². The number of phenols is 1. The Hall–Kier alpha value is -1.55. The van der Waals surface area contributed by atoms with Crippen molar-refractivity contribution in [3.05, 3.63) is 29.8 Å². The number of aromatic hydroxyl groups is 1. The lowest BCUT2D eigenvalue weighted by Gasteiger charge is -2.33. The van der Waals surface area contributed by atoms with Crippen molar-refractivity contribution in [1.29, 1.82) is 0 Å². The Morgan fingerprint density at radius 2 is 1.71 bits per heavy atom. The molecule has 2 atom stereocenters. The largest absolute Gasteiger partial charge is 0.508 e. The van der Waals surface area contributed by atoms with Gasteiger partial charge in [0.05, 0.1) is 0 Å². The Balaban J connectivity index is 3.15. The molecule has 0 saturated heterocycles. The Labute approximate surface area is 101 Å². The van der Waals surface area contributed by atoms with Gasteiger partial charge in [0, 0.05) is 5.92 Å². The van der Waals surface area contributed by atoms with Crippen LogP contribution in [0.3, 0.4) is 0 Å². The van der Waals surface area contributed by atoms with Gasteiger partial charge in [0.2, 0.25) is 0 Å². The molecule has 17 heavy (non-hydrogen) atoms. The molecule has 0 aliphatic heterocycles. The zero-order chi connectivity index (χ0) is 13.2. The molecule has 0 spiro atoms. The van der Waals surface area contributed by atoms with E-state index < -0.39 is 12.0 Å². The molecule has 1 rings (SSSR count). The number of carboxylic acid groups (broad SMARTS) is 1. The lowest BCUT2D eigenvalue weighted by molar-refractivity contribution is -0.139. The summed E-state index contributed by atoms with van der Waals surface area (Å²) in [6.07, 6.45) is 0. The SMILES string of the molecule is CC(C)(C)C(c1ccc(O)cc1)[C@H](N)C(=O)O. The number of phenolic OH excluding ortho intramolecular Hbond substituents is 1. The zero-order valence-electron chi connectivity index (χ0n) is 10.3. The highest BCUT2D eigenvalue weighted by Crippen LogP contribution is 2.37. The van der Waals surface area contributed by atoms with E-state index in [1.165, 1.54) is 0 Å². The van der Waals surface area contributed by atoms with Crippen molar-refractivity contribution in [3.63, 3.8) is 0 Å². The molecule has 94 valence electrons. The van der Waals surface area contributed by atoms with Crippen molar-refractivity contribution in [1.82, 2.24) is 0 Å². The molecule has 4 heteroatoms. The normalized spacial score (nSPS) is 15.3. The first-order valence-corrected chi connectivity index (χ1v) is 5.51. The summed E-state index contributed by atoms with van der Waals surface area (Å²) in [5, 5.41) is 18.3. The van der Waals surface area contributed by atoms with Crippen LogP contribution < -0.4 is 5.73 Å². The Morgan fingerprint density at radius 3 is 2.06 bits per heavy atom. The van der Waals surface area contributed by atoms with Crippen molar-refractivity contribution in [2.45, 2.75) is 32.7 Å². The lowest BCUT2D eigenvalue weighted by atomic mass is 9.72. The maximum Gasteiger partial charge on any atom is 0.321 e. The predicted octanol–water partition coefficient (Wildman–Crippen LogP) is 1.93. The van der Waals surface area contributed by atoms with Crippen LogP contribution in [-0.4, -0.2) is 22.2 Å². The second kappa shape index (κ2) is 4.75. The summed E-state index contributed by atoms with van der Waals surface area (Å²) >= 11 is 0. The van der Waals surface area contributed by atoms with Crippen LogP contribution in [0.1, 0.15) is 32.3 Å². The van der Waals surface area contributed by atoms with Gasteiger partial charge in [-0.3, -0.25) is 4.79 Å². The minimum atomic E-state index is -1.02. The van der Waals surface area contributed by atoms with Gasteiger partial charge in [0.1, 0.15) is 11.8 Å². The summed E-state index contributed by atoms with van der Waals surface area (Å²) < 4.78 is 0. The topological polar surface area (TPSA) is 83.5 Å². The number of hydrogen-bond acceptors (Lipinski definition) is 3. The van der Waals surface area contributed by atoms with Gasteiger partial charge in [-0.1, -0.05) is 32.9 Å². The summed E-state index contributed by atoms with van der Waals surface area (Å²) in [6.45, 7) is 5.86. The van der Waals surface area contributed by atoms with Gasteiger partial charge < -0.3 is 15.9 Å². The molecule has 0 fully saturated rings. The van der Waals surface area contributed by atoms with E-state index in [0.29, 0.717) is 0 Å². The van der Waals surface area contributed by atoms with E-state index >= 15 is 0 Å². The number of benzene rings is 1. The molecule has 1 aromatic carbocycles. The number of carbonyl (C=O) groups is 1. The first-order chi connectivity index (χ1) is 7.73. The third kappa shape index (κ3) is 3.20. The van der Waals surface area contributed by atoms with Crippen molar-refractivity contribution >= 4 is 5.97 Å². The standard InChI is InChI=1S/C13H19NO3/c1-13(2,3)10(11(14)12(16)17)8-4-6-9(15)7-5-8/h4-7,10-11,15H,14H2,1-3H3,(H,16,17)/t10?,11-/m0/s1. The van der Waals surface area contributed by atoms with Crippen LogP contribution in [0.4, 0.5) is 0 Å². The van der Waals surface area contributed by atoms with E-state index in [-0.39, 0.29) is 17.1 Å². The average Bonchev–Trinajstić information content (AvgIpc) is 2.19. The summed E-state index contributed by atoms with van der Waals surface area (Å²) in [5.41, 5.74) is 6.31. The molecule has 0 aliphatic carbocycles. The Morgan fingerprint density at radius 1 is 1.24 bits per heavy atom. The molecule has 0 saturated carbocycles. The lowest BCUT2D eigenvalue weighted by Crippen LogP contribution is -2.42. The van der Waals surface area contributed by atoms with Gasteiger partial charge in [-0.25, -0.2) is 0 Å². The second-order valence-electron chi connectivity index (χ2n) is 5.30. The van der Waals surface area contributed by atoms with Crippen LogP contribution >= 0.6 is 0 Å². The second-order valence-corrected chi connectivity index (χ2v) is 5.30. The minimum absolute atomic E-state index is 0.158. The molecule has 0 bridgehead atoms. The number of hydrogen-bond donors (Lipinski definition) is 3. The molecule has 0 heterocycles. The molecular weight excluding hydrogens is 218 g/mol. The number of rotatable bonds is 3. The quantitative estimate of drug-likeness (QED) is 0.750. The van der Waals surface area contributed by atoms with E-state index in [2.05, 4.69) is 0 Å². The molecule has 1 unspecified atom stereocenters. The number of carboxylic acids is 1. The fourth-order valence-corrected chi connectivity index (χ4v) is 2.07. The van der Waals surface area contributed by atoms with Crippen molar-refractivity contribution in [3.8, 4) is 5.75 Å². The van der Waals surface area contributed by atoms with E-state index in [4.69, 9.17) is 10.8 Å². The van der Waals surface area contributed by atoms with Crippen LogP contribution in [-0.2, 0) is 4.79 Å². The van der Waals surface area contributed by atoms with E-state index in [0.717, 1.165) is 5.56 Å².